The number of aromatic nitrogens is 6. The Kier molecular flexibility index (Phi) is 4.73. The van der Waals surface area contributed by atoms with Gasteiger partial charge in [-0.3, -0.25) is 9.55 Å². The lowest BCUT2D eigenvalue weighted by atomic mass is 10.0. The Balaban J connectivity index is 1.72. The van der Waals surface area contributed by atoms with Crippen LogP contribution in [0.3, 0.4) is 0 Å². The van der Waals surface area contributed by atoms with Gasteiger partial charge in [-0.2, -0.15) is 0 Å². The van der Waals surface area contributed by atoms with E-state index in [9.17, 15) is 0 Å². The van der Waals surface area contributed by atoms with Crippen LogP contribution in [0.15, 0.2) is 55.0 Å². The third kappa shape index (κ3) is 3.08. The zero-order valence-corrected chi connectivity index (χ0v) is 18.2. The van der Waals surface area contributed by atoms with Gasteiger partial charge in [0.05, 0.1) is 12.2 Å². The van der Waals surface area contributed by atoms with E-state index in [1.165, 1.54) is 0 Å². The third-order valence-electron chi connectivity index (χ3n) is 5.81. The first-order chi connectivity index (χ1) is 15.1. The van der Waals surface area contributed by atoms with Crippen LogP contribution in [-0.4, -0.2) is 35.8 Å². The Labute approximate surface area is 181 Å². The Hall–Kier alpha value is -3.61. The topological polar surface area (TPSA) is 72.6 Å². The van der Waals surface area contributed by atoms with Crippen molar-refractivity contribution in [3.8, 4) is 28.2 Å². The summed E-state index contributed by atoms with van der Waals surface area (Å²) in [5, 5.41) is 8.83. The molecule has 0 saturated carbocycles. The van der Waals surface area contributed by atoms with E-state index in [0.29, 0.717) is 5.82 Å². The van der Waals surface area contributed by atoms with Gasteiger partial charge >= 0.3 is 0 Å². The SMILES string of the molecule is CCC1c2nnc(C)n2-c2cnc(-c3ccncc3-c3ccccc3)nc2N1C(C)C. The highest BCUT2D eigenvalue weighted by Crippen LogP contribution is 2.41. The van der Waals surface area contributed by atoms with Gasteiger partial charge in [0, 0.05) is 29.6 Å². The summed E-state index contributed by atoms with van der Waals surface area (Å²) in [7, 11) is 0. The molecule has 7 nitrogen and oxygen atoms in total. The molecule has 3 aromatic heterocycles. The lowest BCUT2D eigenvalue weighted by Crippen LogP contribution is -2.40. The van der Waals surface area contributed by atoms with Gasteiger partial charge in [0.1, 0.15) is 11.5 Å². The highest BCUT2D eigenvalue weighted by molar-refractivity contribution is 5.80. The molecule has 1 aliphatic heterocycles. The largest absolute Gasteiger partial charge is 0.342 e. The number of nitrogens with zero attached hydrogens (tertiary/aromatic N) is 7. The molecule has 1 aliphatic rings. The molecule has 1 atom stereocenters. The second kappa shape index (κ2) is 7.58. The van der Waals surface area contributed by atoms with Crippen LogP contribution in [0.4, 0.5) is 5.82 Å². The van der Waals surface area contributed by atoms with Crippen molar-refractivity contribution in [2.75, 3.05) is 4.90 Å². The molecule has 1 unspecified atom stereocenters. The van der Waals surface area contributed by atoms with E-state index in [-0.39, 0.29) is 12.1 Å². The number of benzene rings is 1. The number of rotatable bonds is 4. The fourth-order valence-corrected chi connectivity index (χ4v) is 4.43. The summed E-state index contributed by atoms with van der Waals surface area (Å²) < 4.78 is 2.09. The molecule has 5 rings (SSSR count). The first-order valence-corrected chi connectivity index (χ1v) is 10.7. The van der Waals surface area contributed by atoms with Crippen molar-refractivity contribution in [3.05, 3.63) is 66.6 Å². The van der Waals surface area contributed by atoms with Crippen molar-refractivity contribution in [2.45, 2.75) is 46.2 Å². The van der Waals surface area contributed by atoms with Gasteiger partial charge in [0.25, 0.3) is 0 Å². The smallest absolute Gasteiger partial charge is 0.162 e. The van der Waals surface area contributed by atoms with Crippen molar-refractivity contribution in [1.29, 1.82) is 0 Å². The van der Waals surface area contributed by atoms with Crippen LogP contribution in [0.25, 0.3) is 28.2 Å². The fourth-order valence-electron chi connectivity index (χ4n) is 4.43. The normalized spacial score (nSPS) is 15.1. The minimum atomic E-state index is 0.113. The molecule has 0 bridgehead atoms. The molecule has 4 heterocycles. The Morgan fingerprint density at radius 2 is 1.81 bits per heavy atom. The van der Waals surface area contributed by atoms with Gasteiger partial charge in [-0.15, -0.1) is 10.2 Å². The van der Waals surface area contributed by atoms with Crippen LogP contribution in [0.2, 0.25) is 0 Å². The first-order valence-electron chi connectivity index (χ1n) is 10.7. The lowest BCUT2D eigenvalue weighted by molar-refractivity contribution is 0.496. The predicted octanol–water partition coefficient (Wildman–Crippen LogP) is 4.77. The van der Waals surface area contributed by atoms with Gasteiger partial charge in [-0.05, 0) is 38.8 Å². The molecular weight excluding hydrogens is 386 g/mol. The maximum Gasteiger partial charge on any atom is 0.162 e. The molecule has 0 fully saturated rings. The summed E-state index contributed by atoms with van der Waals surface area (Å²) in [5.41, 5.74) is 4.00. The molecule has 0 spiro atoms. The lowest BCUT2D eigenvalue weighted by Gasteiger charge is -2.39. The number of fused-ring (bicyclic) bond motifs is 3. The van der Waals surface area contributed by atoms with Crippen molar-refractivity contribution < 1.29 is 0 Å². The zero-order valence-electron chi connectivity index (χ0n) is 18.2. The average molecular weight is 412 g/mol. The van der Waals surface area contributed by atoms with E-state index in [0.717, 1.165) is 46.3 Å². The minimum Gasteiger partial charge on any atom is -0.342 e. The predicted molar refractivity (Wildman–Crippen MR) is 121 cm³/mol. The van der Waals surface area contributed by atoms with Crippen molar-refractivity contribution in [2.24, 2.45) is 0 Å². The van der Waals surface area contributed by atoms with Crippen LogP contribution >= 0.6 is 0 Å². The van der Waals surface area contributed by atoms with Crippen LogP contribution in [0, 0.1) is 6.92 Å². The van der Waals surface area contributed by atoms with Crippen LogP contribution in [0.1, 0.15) is 44.9 Å². The van der Waals surface area contributed by atoms with E-state index in [2.05, 4.69) is 57.6 Å². The second-order valence-corrected chi connectivity index (χ2v) is 8.06. The molecule has 0 saturated heterocycles. The monoisotopic (exact) mass is 411 g/mol. The number of anilines is 1. The van der Waals surface area contributed by atoms with Crippen molar-refractivity contribution >= 4 is 5.82 Å². The Bertz CT molecular complexity index is 1230. The third-order valence-corrected chi connectivity index (χ3v) is 5.81. The first kappa shape index (κ1) is 19.4. The number of hydrogen-bond acceptors (Lipinski definition) is 6. The molecule has 4 aromatic rings. The fraction of sp³-hybridized carbons (Fsp3) is 0.292. The standard InChI is InChI=1S/C24H25N7/c1-5-20-24-29-28-16(4)31(24)21-14-26-22(27-23(21)30(20)15(2)3)18-11-12-25-13-19(18)17-9-7-6-8-10-17/h6-15,20H,5H2,1-4H3. The molecule has 1 aromatic carbocycles. The molecule has 156 valence electrons. The molecule has 0 aliphatic carbocycles. The highest BCUT2D eigenvalue weighted by atomic mass is 15.4. The molecule has 0 amide bonds. The quantitative estimate of drug-likeness (QED) is 0.481. The number of pyridine rings is 1. The average Bonchev–Trinajstić information content (AvgIpc) is 3.19. The second-order valence-electron chi connectivity index (χ2n) is 8.06. The number of aryl methyl sites for hydroxylation is 1. The van der Waals surface area contributed by atoms with Crippen molar-refractivity contribution in [3.63, 3.8) is 0 Å². The van der Waals surface area contributed by atoms with Gasteiger partial charge in [0.2, 0.25) is 0 Å². The molecular formula is C24H25N7. The maximum absolute atomic E-state index is 5.10. The van der Waals surface area contributed by atoms with E-state index in [1.807, 2.05) is 43.6 Å². The van der Waals surface area contributed by atoms with Gasteiger partial charge in [0.15, 0.2) is 17.5 Å². The maximum atomic E-state index is 5.10. The van der Waals surface area contributed by atoms with Gasteiger partial charge < -0.3 is 4.90 Å². The van der Waals surface area contributed by atoms with E-state index in [4.69, 9.17) is 9.97 Å². The van der Waals surface area contributed by atoms with Crippen LogP contribution in [0.5, 0.6) is 0 Å². The minimum absolute atomic E-state index is 0.113. The summed E-state index contributed by atoms with van der Waals surface area (Å²) in [6.07, 6.45) is 6.49. The highest BCUT2D eigenvalue weighted by Gasteiger charge is 2.36. The van der Waals surface area contributed by atoms with Gasteiger partial charge in [-0.25, -0.2) is 9.97 Å². The summed E-state index contributed by atoms with van der Waals surface area (Å²) in [6, 6.07) is 12.6. The summed E-state index contributed by atoms with van der Waals surface area (Å²) in [4.78, 5) is 16.6. The summed E-state index contributed by atoms with van der Waals surface area (Å²) in [5.74, 6) is 3.41. The zero-order chi connectivity index (χ0) is 21.5. The molecule has 31 heavy (non-hydrogen) atoms. The number of hydrogen-bond donors (Lipinski definition) is 0. The van der Waals surface area contributed by atoms with Crippen LogP contribution < -0.4 is 4.90 Å². The Morgan fingerprint density at radius 3 is 2.55 bits per heavy atom. The molecule has 0 radical (unpaired) electrons. The van der Waals surface area contributed by atoms with E-state index in [1.54, 1.807) is 6.20 Å². The van der Waals surface area contributed by atoms with E-state index >= 15 is 0 Å². The molecule has 0 N–H and O–H groups in total. The molecule has 7 heteroatoms. The Morgan fingerprint density at radius 1 is 1.00 bits per heavy atom. The summed E-state index contributed by atoms with van der Waals surface area (Å²) >= 11 is 0. The summed E-state index contributed by atoms with van der Waals surface area (Å²) in [6.45, 7) is 8.53. The van der Waals surface area contributed by atoms with Crippen molar-refractivity contribution in [1.82, 2.24) is 29.7 Å². The van der Waals surface area contributed by atoms with E-state index < -0.39 is 0 Å². The van der Waals surface area contributed by atoms with Crippen LogP contribution in [-0.2, 0) is 0 Å². The van der Waals surface area contributed by atoms with Gasteiger partial charge in [-0.1, -0.05) is 37.3 Å².